The van der Waals surface area contributed by atoms with Gasteiger partial charge in [-0.25, -0.2) is 8.42 Å². The summed E-state index contributed by atoms with van der Waals surface area (Å²) in [6, 6.07) is 8.08. The third-order valence-electron chi connectivity index (χ3n) is 3.66. The molecule has 1 aromatic rings. The second-order valence-corrected chi connectivity index (χ2v) is 7.12. The number of sulfonamides is 1. The molecule has 0 aliphatic carbocycles. The van der Waals surface area contributed by atoms with E-state index in [-0.39, 0.29) is 12.5 Å². The Bertz CT molecular complexity index is 624. The molecule has 0 amide bonds. The largest absolute Gasteiger partial charge is 0.480 e. The number of benzene rings is 1. The quantitative estimate of drug-likeness (QED) is 0.925. The van der Waals surface area contributed by atoms with Crippen molar-refractivity contribution >= 4 is 22.1 Å². The summed E-state index contributed by atoms with van der Waals surface area (Å²) in [5.41, 5.74) is 0.762. The van der Waals surface area contributed by atoms with Gasteiger partial charge in [-0.15, -0.1) is 0 Å². The number of piperidine rings is 1. The number of hydrogen-bond acceptors (Lipinski definition) is 3. The Kier molecular flexibility index (Phi) is 4.80. The molecular weight excluding hydrogens is 290 g/mol. The van der Waals surface area contributed by atoms with Crippen molar-refractivity contribution < 1.29 is 18.3 Å². The Balaban J connectivity index is 2.21. The van der Waals surface area contributed by atoms with Crippen LogP contribution < -0.4 is 0 Å². The van der Waals surface area contributed by atoms with E-state index in [9.17, 15) is 18.3 Å². The Morgan fingerprint density at radius 2 is 2.00 bits per heavy atom. The fourth-order valence-electron chi connectivity index (χ4n) is 2.46. The van der Waals surface area contributed by atoms with Gasteiger partial charge in [-0.3, -0.25) is 4.79 Å². The van der Waals surface area contributed by atoms with E-state index in [0.29, 0.717) is 12.8 Å². The molecular formula is C15H19NO4S. The van der Waals surface area contributed by atoms with Crippen LogP contribution in [-0.4, -0.2) is 36.4 Å². The van der Waals surface area contributed by atoms with Crippen molar-refractivity contribution in [2.75, 3.05) is 6.54 Å². The highest BCUT2D eigenvalue weighted by Gasteiger charge is 2.37. The van der Waals surface area contributed by atoms with Gasteiger partial charge in [0.25, 0.3) is 0 Å². The van der Waals surface area contributed by atoms with Gasteiger partial charge in [0, 0.05) is 12.0 Å². The lowest BCUT2D eigenvalue weighted by Crippen LogP contribution is -2.48. The number of carboxylic acids is 1. The molecule has 0 radical (unpaired) electrons. The lowest BCUT2D eigenvalue weighted by molar-refractivity contribution is -0.142. The predicted octanol–water partition coefficient (Wildman–Crippen LogP) is 2.17. The monoisotopic (exact) mass is 309 g/mol. The van der Waals surface area contributed by atoms with E-state index < -0.39 is 22.0 Å². The van der Waals surface area contributed by atoms with Gasteiger partial charge in [0.05, 0.1) is 0 Å². The minimum absolute atomic E-state index is 0.218. The van der Waals surface area contributed by atoms with E-state index in [1.54, 1.807) is 12.1 Å². The molecule has 0 bridgehead atoms. The first-order valence-corrected chi connectivity index (χ1v) is 8.38. The summed E-state index contributed by atoms with van der Waals surface area (Å²) in [4.78, 5) is 11.3. The standard InChI is InChI=1S/C15H19NO4S/c1-12-7-9-16(14(11-12)15(17)18)21(19,20)10-8-13-5-3-2-4-6-13/h2-6,8,10,12,14H,7,9,11H2,1H3,(H,17,18)/b10-8+. The molecule has 1 aromatic carbocycles. The number of rotatable bonds is 4. The summed E-state index contributed by atoms with van der Waals surface area (Å²) < 4.78 is 25.8. The number of nitrogens with zero attached hydrogens (tertiary/aromatic N) is 1. The number of aliphatic carboxylic acids is 1. The molecule has 1 aliphatic heterocycles. The third-order valence-corrected chi connectivity index (χ3v) is 5.23. The predicted molar refractivity (Wildman–Crippen MR) is 80.9 cm³/mol. The molecule has 1 N–H and O–H groups in total. The highest BCUT2D eigenvalue weighted by molar-refractivity contribution is 7.92. The molecule has 1 heterocycles. The maximum absolute atomic E-state index is 12.4. The van der Waals surface area contributed by atoms with Gasteiger partial charge in [0.15, 0.2) is 0 Å². The van der Waals surface area contributed by atoms with Gasteiger partial charge in [-0.05, 0) is 30.4 Å². The third kappa shape index (κ3) is 3.92. The molecule has 2 unspecified atom stereocenters. The SMILES string of the molecule is CC1CCN(S(=O)(=O)/C=C/c2ccccc2)C(C(=O)O)C1. The average Bonchev–Trinajstić information content (AvgIpc) is 2.46. The van der Waals surface area contributed by atoms with Crippen molar-refractivity contribution in [1.29, 1.82) is 0 Å². The lowest BCUT2D eigenvalue weighted by Gasteiger charge is -2.34. The van der Waals surface area contributed by atoms with Crippen molar-refractivity contribution in [3.8, 4) is 0 Å². The van der Waals surface area contributed by atoms with Crippen molar-refractivity contribution in [2.24, 2.45) is 5.92 Å². The van der Waals surface area contributed by atoms with Crippen LogP contribution in [0.15, 0.2) is 35.7 Å². The van der Waals surface area contributed by atoms with E-state index >= 15 is 0 Å². The van der Waals surface area contributed by atoms with Crippen molar-refractivity contribution in [3.05, 3.63) is 41.3 Å². The van der Waals surface area contributed by atoms with Gasteiger partial charge in [0.1, 0.15) is 6.04 Å². The number of hydrogen-bond donors (Lipinski definition) is 1. The normalized spacial score (nSPS) is 24.2. The molecule has 114 valence electrons. The smallest absolute Gasteiger partial charge is 0.322 e. The van der Waals surface area contributed by atoms with Crippen LogP contribution in [0.4, 0.5) is 0 Å². The second kappa shape index (κ2) is 6.41. The molecule has 1 aliphatic rings. The highest BCUT2D eigenvalue weighted by Crippen LogP contribution is 2.26. The van der Waals surface area contributed by atoms with Crippen LogP contribution in [0.25, 0.3) is 6.08 Å². The van der Waals surface area contributed by atoms with E-state index in [4.69, 9.17) is 0 Å². The van der Waals surface area contributed by atoms with Crippen LogP contribution in [0.3, 0.4) is 0 Å². The summed E-state index contributed by atoms with van der Waals surface area (Å²) in [6.45, 7) is 2.19. The van der Waals surface area contributed by atoms with Gasteiger partial charge in [-0.1, -0.05) is 37.3 Å². The van der Waals surface area contributed by atoms with Crippen LogP contribution >= 0.6 is 0 Å². The maximum atomic E-state index is 12.4. The second-order valence-electron chi connectivity index (χ2n) is 5.35. The zero-order chi connectivity index (χ0) is 15.5. The van der Waals surface area contributed by atoms with Gasteiger partial charge < -0.3 is 5.11 Å². The fraction of sp³-hybridized carbons (Fsp3) is 0.400. The molecule has 0 spiro atoms. The van der Waals surface area contributed by atoms with Gasteiger partial charge in [-0.2, -0.15) is 4.31 Å². The van der Waals surface area contributed by atoms with Gasteiger partial charge in [0.2, 0.25) is 10.0 Å². The summed E-state index contributed by atoms with van der Waals surface area (Å²) in [5, 5.41) is 10.3. The van der Waals surface area contributed by atoms with Crippen LogP contribution in [0.2, 0.25) is 0 Å². The average molecular weight is 309 g/mol. The molecule has 0 saturated carbocycles. The van der Waals surface area contributed by atoms with Crippen LogP contribution in [0.5, 0.6) is 0 Å². The molecule has 1 saturated heterocycles. The zero-order valence-corrected chi connectivity index (χ0v) is 12.7. The number of carbonyl (C=O) groups is 1. The molecule has 6 heteroatoms. The van der Waals surface area contributed by atoms with Crippen LogP contribution in [0.1, 0.15) is 25.3 Å². The Morgan fingerprint density at radius 3 is 2.62 bits per heavy atom. The number of carboxylic acid groups (broad SMARTS) is 1. The fourth-order valence-corrected chi connectivity index (χ4v) is 3.83. The Morgan fingerprint density at radius 1 is 1.33 bits per heavy atom. The van der Waals surface area contributed by atoms with Crippen molar-refractivity contribution in [3.63, 3.8) is 0 Å². The molecule has 21 heavy (non-hydrogen) atoms. The van der Waals surface area contributed by atoms with Gasteiger partial charge >= 0.3 is 5.97 Å². The molecule has 2 atom stereocenters. The summed E-state index contributed by atoms with van der Waals surface area (Å²) in [6.07, 6.45) is 2.53. The van der Waals surface area contributed by atoms with E-state index in [0.717, 1.165) is 15.3 Å². The molecule has 1 fully saturated rings. The summed E-state index contributed by atoms with van der Waals surface area (Å²) >= 11 is 0. The summed E-state index contributed by atoms with van der Waals surface area (Å²) in [5.74, 6) is -0.867. The first-order valence-electron chi connectivity index (χ1n) is 6.88. The zero-order valence-electron chi connectivity index (χ0n) is 11.8. The van der Waals surface area contributed by atoms with E-state index in [2.05, 4.69) is 0 Å². The van der Waals surface area contributed by atoms with Crippen molar-refractivity contribution in [1.82, 2.24) is 4.31 Å². The Hall–Kier alpha value is -1.66. The summed E-state index contributed by atoms with van der Waals surface area (Å²) in [7, 11) is -3.73. The Labute approximate surface area is 124 Å². The first-order chi connectivity index (χ1) is 9.90. The lowest BCUT2D eigenvalue weighted by atomic mass is 9.94. The topological polar surface area (TPSA) is 74.7 Å². The highest BCUT2D eigenvalue weighted by atomic mass is 32.2. The van der Waals surface area contributed by atoms with Crippen molar-refractivity contribution in [2.45, 2.75) is 25.8 Å². The molecule has 2 rings (SSSR count). The minimum atomic E-state index is -3.73. The van der Waals surface area contributed by atoms with Crippen LogP contribution in [-0.2, 0) is 14.8 Å². The minimum Gasteiger partial charge on any atom is -0.480 e. The molecule has 5 nitrogen and oxygen atoms in total. The maximum Gasteiger partial charge on any atom is 0.322 e. The van der Waals surface area contributed by atoms with E-state index in [1.165, 1.54) is 6.08 Å². The van der Waals surface area contributed by atoms with Crippen LogP contribution in [0, 0.1) is 5.92 Å². The first kappa shape index (κ1) is 15.7. The molecule has 0 aromatic heterocycles. The van der Waals surface area contributed by atoms with E-state index in [1.807, 2.05) is 25.1 Å².